The normalized spacial score (nSPS) is 29.8. The summed E-state index contributed by atoms with van der Waals surface area (Å²) in [5, 5.41) is 3.31. The first-order valence-electron chi connectivity index (χ1n) is 5.95. The number of nitrogens with one attached hydrogen (secondary N) is 1. The van der Waals surface area contributed by atoms with Gasteiger partial charge in [0.25, 0.3) is 0 Å². The maximum atomic E-state index is 5.95. The first-order valence-corrected chi connectivity index (χ1v) is 5.95. The van der Waals surface area contributed by atoms with Crippen molar-refractivity contribution in [1.29, 1.82) is 0 Å². The fourth-order valence-electron chi connectivity index (χ4n) is 2.13. The van der Waals surface area contributed by atoms with Gasteiger partial charge in [0.1, 0.15) is 6.10 Å². The van der Waals surface area contributed by atoms with Crippen LogP contribution in [0, 0.1) is 0 Å². The van der Waals surface area contributed by atoms with Gasteiger partial charge in [-0.05, 0) is 6.42 Å². The zero-order valence-corrected chi connectivity index (χ0v) is 9.46. The van der Waals surface area contributed by atoms with E-state index < -0.39 is 0 Å². The number of piperidine rings is 1. The Morgan fingerprint density at radius 1 is 1.40 bits per heavy atom. The first kappa shape index (κ1) is 11.3. The second-order valence-corrected chi connectivity index (χ2v) is 4.29. The van der Waals surface area contributed by atoms with E-state index in [-0.39, 0.29) is 11.9 Å². The molecule has 2 saturated heterocycles. The zero-order valence-electron chi connectivity index (χ0n) is 9.46. The van der Waals surface area contributed by atoms with Gasteiger partial charge in [-0.1, -0.05) is 6.92 Å². The molecule has 2 aliphatic rings. The predicted octanol–water partition coefficient (Wildman–Crippen LogP) is 0.908. The van der Waals surface area contributed by atoms with Gasteiger partial charge in [0.15, 0.2) is 5.79 Å². The van der Waals surface area contributed by atoms with Crippen LogP contribution < -0.4 is 5.32 Å². The Kier molecular flexibility index (Phi) is 3.97. The molecule has 4 heteroatoms. The van der Waals surface area contributed by atoms with Crippen LogP contribution in [0.25, 0.3) is 0 Å². The molecule has 88 valence electrons. The average molecular weight is 215 g/mol. The molecule has 0 aromatic heterocycles. The van der Waals surface area contributed by atoms with Crippen LogP contribution in [0.15, 0.2) is 0 Å². The van der Waals surface area contributed by atoms with Gasteiger partial charge in [-0.25, -0.2) is 0 Å². The highest BCUT2D eigenvalue weighted by molar-refractivity contribution is 4.83. The monoisotopic (exact) mass is 215 g/mol. The highest BCUT2D eigenvalue weighted by Crippen LogP contribution is 2.31. The second kappa shape index (κ2) is 5.25. The summed E-state index contributed by atoms with van der Waals surface area (Å²) in [6.45, 7) is 6.26. The van der Waals surface area contributed by atoms with Gasteiger partial charge in [-0.3, -0.25) is 0 Å². The summed E-state index contributed by atoms with van der Waals surface area (Å²) in [5.74, 6) is -0.300. The van der Waals surface area contributed by atoms with E-state index in [0.717, 1.165) is 39.0 Å². The van der Waals surface area contributed by atoms with E-state index in [1.54, 1.807) is 0 Å². The van der Waals surface area contributed by atoms with Crippen LogP contribution in [-0.4, -0.2) is 44.8 Å². The Labute approximate surface area is 91.3 Å². The van der Waals surface area contributed by atoms with Crippen LogP contribution in [0.3, 0.4) is 0 Å². The summed E-state index contributed by atoms with van der Waals surface area (Å²) in [4.78, 5) is 0. The minimum atomic E-state index is -0.300. The van der Waals surface area contributed by atoms with Crippen molar-refractivity contribution in [2.24, 2.45) is 0 Å². The Hall–Kier alpha value is -0.160. The third kappa shape index (κ3) is 2.91. The Balaban J connectivity index is 1.73. The molecule has 1 atom stereocenters. The quantitative estimate of drug-likeness (QED) is 0.708. The standard InChI is InChI=1S/C11H21NO3/c1-2-7-13-8-10-9-14-11(15-10)3-5-12-6-4-11/h10,12H,2-9H2,1H3. The summed E-state index contributed by atoms with van der Waals surface area (Å²) >= 11 is 0. The van der Waals surface area contributed by atoms with Crippen molar-refractivity contribution in [1.82, 2.24) is 5.32 Å². The lowest BCUT2D eigenvalue weighted by Gasteiger charge is -2.32. The smallest absolute Gasteiger partial charge is 0.171 e. The minimum absolute atomic E-state index is 0.134. The lowest BCUT2D eigenvalue weighted by molar-refractivity contribution is -0.187. The van der Waals surface area contributed by atoms with Crippen LogP contribution in [0.5, 0.6) is 0 Å². The molecule has 0 aromatic rings. The summed E-state index contributed by atoms with van der Waals surface area (Å²) in [7, 11) is 0. The fraction of sp³-hybridized carbons (Fsp3) is 1.00. The van der Waals surface area contributed by atoms with Crippen LogP contribution >= 0.6 is 0 Å². The van der Waals surface area contributed by atoms with Gasteiger partial charge in [0.05, 0.1) is 13.2 Å². The maximum Gasteiger partial charge on any atom is 0.171 e. The van der Waals surface area contributed by atoms with Gasteiger partial charge >= 0.3 is 0 Å². The molecule has 2 heterocycles. The highest BCUT2D eigenvalue weighted by atomic mass is 16.7. The molecule has 0 bridgehead atoms. The molecule has 1 unspecified atom stereocenters. The van der Waals surface area contributed by atoms with Crippen molar-refractivity contribution in [2.45, 2.75) is 38.1 Å². The first-order chi connectivity index (χ1) is 7.35. The number of hydrogen-bond donors (Lipinski definition) is 1. The minimum Gasteiger partial charge on any atom is -0.379 e. The Morgan fingerprint density at radius 2 is 2.20 bits per heavy atom. The van der Waals surface area contributed by atoms with Crippen LogP contribution in [0.4, 0.5) is 0 Å². The lowest BCUT2D eigenvalue weighted by Crippen LogP contribution is -2.43. The Morgan fingerprint density at radius 3 is 2.93 bits per heavy atom. The van der Waals surface area contributed by atoms with Gasteiger partial charge in [0, 0.05) is 32.5 Å². The molecule has 0 amide bonds. The highest BCUT2D eigenvalue weighted by Gasteiger charge is 2.42. The van der Waals surface area contributed by atoms with E-state index >= 15 is 0 Å². The van der Waals surface area contributed by atoms with Gasteiger partial charge in [0.2, 0.25) is 0 Å². The molecule has 0 radical (unpaired) electrons. The predicted molar refractivity (Wildman–Crippen MR) is 56.8 cm³/mol. The zero-order chi connectivity index (χ0) is 10.6. The fourth-order valence-corrected chi connectivity index (χ4v) is 2.13. The van der Waals surface area contributed by atoms with Crippen molar-refractivity contribution in [3.8, 4) is 0 Å². The van der Waals surface area contributed by atoms with E-state index in [4.69, 9.17) is 14.2 Å². The topological polar surface area (TPSA) is 39.7 Å². The summed E-state index contributed by atoms with van der Waals surface area (Å²) in [6.07, 6.45) is 3.10. The van der Waals surface area contributed by atoms with E-state index in [1.807, 2.05) is 0 Å². The molecular formula is C11H21NO3. The molecule has 4 nitrogen and oxygen atoms in total. The number of ether oxygens (including phenoxy) is 3. The molecule has 2 rings (SSSR count). The van der Waals surface area contributed by atoms with E-state index in [9.17, 15) is 0 Å². The molecule has 1 spiro atoms. The van der Waals surface area contributed by atoms with E-state index in [1.165, 1.54) is 0 Å². The molecule has 0 saturated carbocycles. The van der Waals surface area contributed by atoms with Gasteiger partial charge < -0.3 is 19.5 Å². The third-order valence-corrected chi connectivity index (χ3v) is 2.93. The van der Waals surface area contributed by atoms with Crippen molar-refractivity contribution in [2.75, 3.05) is 32.9 Å². The molecule has 2 aliphatic heterocycles. The molecule has 0 aliphatic carbocycles. The van der Waals surface area contributed by atoms with E-state index in [2.05, 4.69) is 12.2 Å². The Bertz CT molecular complexity index is 190. The SMILES string of the molecule is CCCOCC1COC2(CCNCC2)O1. The molecule has 0 aromatic carbocycles. The van der Waals surface area contributed by atoms with Crippen molar-refractivity contribution < 1.29 is 14.2 Å². The summed E-state index contributed by atoms with van der Waals surface area (Å²) in [6, 6.07) is 0. The average Bonchev–Trinajstić information content (AvgIpc) is 2.63. The lowest BCUT2D eigenvalue weighted by atomic mass is 10.1. The van der Waals surface area contributed by atoms with Crippen molar-refractivity contribution in [3.05, 3.63) is 0 Å². The molecular weight excluding hydrogens is 194 g/mol. The molecule has 2 fully saturated rings. The van der Waals surface area contributed by atoms with Crippen LogP contribution in [0.2, 0.25) is 0 Å². The summed E-state index contributed by atoms with van der Waals surface area (Å²) in [5.41, 5.74) is 0. The maximum absolute atomic E-state index is 5.95. The molecule has 1 N–H and O–H groups in total. The largest absolute Gasteiger partial charge is 0.379 e. The molecule has 15 heavy (non-hydrogen) atoms. The summed E-state index contributed by atoms with van der Waals surface area (Å²) < 4.78 is 17.2. The van der Waals surface area contributed by atoms with Crippen LogP contribution in [-0.2, 0) is 14.2 Å². The second-order valence-electron chi connectivity index (χ2n) is 4.29. The third-order valence-electron chi connectivity index (χ3n) is 2.93. The number of hydrogen-bond acceptors (Lipinski definition) is 4. The van der Waals surface area contributed by atoms with Crippen LogP contribution in [0.1, 0.15) is 26.2 Å². The van der Waals surface area contributed by atoms with Gasteiger partial charge in [-0.2, -0.15) is 0 Å². The van der Waals surface area contributed by atoms with E-state index in [0.29, 0.717) is 13.2 Å². The van der Waals surface area contributed by atoms with Crippen molar-refractivity contribution in [3.63, 3.8) is 0 Å². The number of rotatable bonds is 4. The van der Waals surface area contributed by atoms with Crippen molar-refractivity contribution >= 4 is 0 Å². The van der Waals surface area contributed by atoms with Gasteiger partial charge in [-0.15, -0.1) is 0 Å².